The number of ketones is 1. The van der Waals surface area contributed by atoms with E-state index in [1.54, 1.807) is 4.90 Å². The molecule has 0 aromatic rings. The molecule has 5 heteroatoms. The molecule has 5 nitrogen and oxygen atoms in total. The summed E-state index contributed by atoms with van der Waals surface area (Å²) in [6.45, 7) is 13.0. The Hall–Kier alpha value is -1.84. The first kappa shape index (κ1) is 32.3. The molecule has 186 valence electrons. The summed E-state index contributed by atoms with van der Waals surface area (Å²) in [6.07, 6.45) is 15.2. The Morgan fingerprint density at radius 2 is 1.28 bits per heavy atom. The van der Waals surface area contributed by atoms with Gasteiger partial charge >= 0.3 is 5.97 Å². The van der Waals surface area contributed by atoms with Crippen molar-refractivity contribution >= 4 is 11.8 Å². The second-order valence-electron chi connectivity index (χ2n) is 8.02. The molecule has 0 radical (unpaired) electrons. The van der Waals surface area contributed by atoms with Crippen molar-refractivity contribution in [3.63, 3.8) is 0 Å². The van der Waals surface area contributed by atoms with Gasteiger partial charge in [0.1, 0.15) is 0 Å². The molecule has 0 saturated carbocycles. The van der Waals surface area contributed by atoms with Crippen LogP contribution in [0.4, 0.5) is 0 Å². The maximum absolute atomic E-state index is 12.2. The van der Waals surface area contributed by atoms with Gasteiger partial charge < -0.3 is 9.47 Å². The van der Waals surface area contributed by atoms with Crippen molar-refractivity contribution in [2.24, 2.45) is 0 Å². The standard InChI is InChI=1S/C26H45NO4.CH4/c1-5-9-11-13-15-17-19-30-25(8-4)22-27(21-24(28)7-3)23-26(29)31-20-18-16-14-12-10-6-2;/h7H,3-6,9-23H2,1-2H3;1H4. The first-order chi connectivity index (χ1) is 15.1. The van der Waals surface area contributed by atoms with Crippen molar-refractivity contribution in [3.8, 4) is 0 Å². The van der Waals surface area contributed by atoms with Gasteiger partial charge in [0, 0.05) is 0 Å². The number of carbonyl (C=O) groups excluding carboxylic acids is 2. The van der Waals surface area contributed by atoms with Crippen molar-refractivity contribution in [2.75, 3.05) is 32.8 Å². The van der Waals surface area contributed by atoms with Gasteiger partial charge in [-0.3, -0.25) is 14.5 Å². The maximum Gasteiger partial charge on any atom is 0.320 e. The van der Waals surface area contributed by atoms with Crippen LogP contribution in [0.2, 0.25) is 0 Å². The van der Waals surface area contributed by atoms with E-state index in [0.717, 1.165) is 25.7 Å². The summed E-state index contributed by atoms with van der Waals surface area (Å²) in [6, 6.07) is 0. The van der Waals surface area contributed by atoms with Crippen molar-refractivity contribution < 1.29 is 19.1 Å². The van der Waals surface area contributed by atoms with Crippen LogP contribution >= 0.6 is 0 Å². The highest BCUT2D eigenvalue weighted by Crippen LogP contribution is 2.08. The van der Waals surface area contributed by atoms with Crippen LogP contribution in [-0.4, -0.2) is 49.5 Å². The fraction of sp³-hybridized carbons (Fsp3) is 0.741. The van der Waals surface area contributed by atoms with Gasteiger partial charge in [0.25, 0.3) is 0 Å². The number of ether oxygens (including phenoxy) is 2. The number of hydrogen-bond acceptors (Lipinski definition) is 5. The molecule has 0 bridgehead atoms. The van der Waals surface area contributed by atoms with Crippen LogP contribution < -0.4 is 0 Å². The summed E-state index contributed by atoms with van der Waals surface area (Å²) >= 11 is 0. The van der Waals surface area contributed by atoms with Gasteiger partial charge in [0.05, 0.1) is 32.8 Å². The number of esters is 1. The Balaban J connectivity index is 0. The third-order valence-electron chi connectivity index (χ3n) is 5.06. The molecule has 0 heterocycles. The van der Waals surface area contributed by atoms with E-state index in [1.165, 1.54) is 57.4 Å². The number of nitrogens with zero attached hydrogens (tertiary/aromatic N) is 1. The van der Waals surface area contributed by atoms with E-state index < -0.39 is 0 Å². The summed E-state index contributed by atoms with van der Waals surface area (Å²) < 4.78 is 11.1. The number of unbranched alkanes of at least 4 members (excludes halogenated alkanes) is 10. The SMILES string of the molecule is C.C=C=C(CN(CC(=O)C=C)CC(=O)OCCCCCCCC)OCCCCCCCC. The van der Waals surface area contributed by atoms with Crippen molar-refractivity contribution in [1.82, 2.24) is 4.90 Å². The molecule has 0 atom stereocenters. The van der Waals surface area contributed by atoms with Crippen LogP contribution in [0.1, 0.15) is 98.3 Å². The Labute approximate surface area is 197 Å². The monoisotopic (exact) mass is 451 g/mol. The number of hydrogen-bond donors (Lipinski definition) is 0. The van der Waals surface area contributed by atoms with Gasteiger partial charge in [-0.25, -0.2) is 0 Å². The highest BCUT2D eigenvalue weighted by Gasteiger charge is 2.16. The zero-order valence-electron chi connectivity index (χ0n) is 20.1. The van der Waals surface area contributed by atoms with E-state index in [4.69, 9.17) is 9.47 Å². The molecule has 0 aliphatic heterocycles. The van der Waals surface area contributed by atoms with E-state index in [2.05, 4.69) is 32.7 Å². The maximum atomic E-state index is 12.2. The molecule has 0 aliphatic rings. The summed E-state index contributed by atoms with van der Waals surface area (Å²) in [5.41, 5.74) is 2.80. The number of carbonyl (C=O) groups is 2. The lowest BCUT2D eigenvalue weighted by Gasteiger charge is -2.21. The van der Waals surface area contributed by atoms with E-state index in [1.807, 2.05) is 0 Å². The molecule has 0 fully saturated rings. The molecule has 0 aliphatic carbocycles. The molecule has 0 aromatic carbocycles. The van der Waals surface area contributed by atoms with Crippen molar-refractivity contribution in [1.29, 1.82) is 0 Å². The quantitative estimate of drug-likeness (QED) is 0.0608. The fourth-order valence-corrected chi connectivity index (χ4v) is 3.18. The minimum Gasteiger partial charge on any atom is -0.489 e. The first-order valence-electron chi connectivity index (χ1n) is 12.1. The van der Waals surface area contributed by atoms with Crippen LogP contribution in [0.3, 0.4) is 0 Å². The van der Waals surface area contributed by atoms with Crippen LogP contribution in [0.25, 0.3) is 0 Å². The minimum absolute atomic E-state index is 0. The van der Waals surface area contributed by atoms with E-state index in [9.17, 15) is 9.59 Å². The highest BCUT2D eigenvalue weighted by atomic mass is 16.5. The van der Waals surface area contributed by atoms with Crippen LogP contribution in [0, 0.1) is 0 Å². The summed E-state index contributed by atoms with van der Waals surface area (Å²) in [5.74, 6) is 0.0713. The van der Waals surface area contributed by atoms with Crippen LogP contribution in [0.5, 0.6) is 0 Å². The lowest BCUT2D eigenvalue weighted by Crippen LogP contribution is -2.36. The van der Waals surface area contributed by atoms with Gasteiger partial charge in [-0.1, -0.05) is 104 Å². The second kappa shape index (κ2) is 23.8. The van der Waals surface area contributed by atoms with Gasteiger partial charge in [-0.05, 0) is 18.9 Å². The average Bonchev–Trinajstić information content (AvgIpc) is 2.76. The third kappa shape index (κ3) is 20.1. The normalized spacial score (nSPS) is 10.2. The van der Waals surface area contributed by atoms with Gasteiger partial charge in [-0.2, -0.15) is 0 Å². The Morgan fingerprint density at radius 3 is 1.78 bits per heavy atom. The minimum atomic E-state index is -0.329. The second-order valence-corrected chi connectivity index (χ2v) is 8.02. The number of rotatable bonds is 22. The van der Waals surface area contributed by atoms with Crippen LogP contribution in [0.15, 0.2) is 30.7 Å². The molecule has 0 saturated heterocycles. The third-order valence-corrected chi connectivity index (χ3v) is 5.06. The van der Waals surface area contributed by atoms with Gasteiger partial charge in [0.15, 0.2) is 11.5 Å². The highest BCUT2D eigenvalue weighted by molar-refractivity contribution is 5.91. The predicted molar refractivity (Wildman–Crippen MR) is 135 cm³/mol. The molecule has 0 aromatic heterocycles. The van der Waals surface area contributed by atoms with Crippen molar-refractivity contribution in [3.05, 3.63) is 30.7 Å². The predicted octanol–water partition coefficient (Wildman–Crippen LogP) is 6.63. The molecule has 0 rings (SSSR count). The molecule has 0 N–H and O–H groups in total. The summed E-state index contributed by atoms with van der Waals surface area (Å²) in [5, 5.41) is 0. The van der Waals surface area contributed by atoms with E-state index in [0.29, 0.717) is 25.5 Å². The van der Waals surface area contributed by atoms with Crippen LogP contribution in [-0.2, 0) is 19.1 Å². The summed E-state index contributed by atoms with van der Waals surface area (Å²) in [7, 11) is 0. The average molecular weight is 452 g/mol. The largest absolute Gasteiger partial charge is 0.489 e. The molecule has 0 spiro atoms. The molecular formula is C27H49NO4. The Morgan fingerprint density at radius 1 is 0.781 bits per heavy atom. The molecule has 0 unspecified atom stereocenters. The fourth-order valence-electron chi connectivity index (χ4n) is 3.18. The lowest BCUT2D eigenvalue weighted by atomic mass is 10.1. The Bertz CT molecular complexity index is 538. The lowest BCUT2D eigenvalue weighted by molar-refractivity contribution is -0.145. The first-order valence-corrected chi connectivity index (χ1v) is 12.1. The van der Waals surface area contributed by atoms with Crippen molar-refractivity contribution in [2.45, 2.75) is 98.3 Å². The molecule has 32 heavy (non-hydrogen) atoms. The van der Waals surface area contributed by atoms with E-state index >= 15 is 0 Å². The molecule has 0 amide bonds. The van der Waals surface area contributed by atoms with E-state index in [-0.39, 0.29) is 32.3 Å². The zero-order chi connectivity index (χ0) is 23.2. The summed E-state index contributed by atoms with van der Waals surface area (Å²) in [4.78, 5) is 25.8. The zero-order valence-corrected chi connectivity index (χ0v) is 20.1. The molecular weight excluding hydrogens is 402 g/mol. The topological polar surface area (TPSA) is 55.8 Å². The van der Waals surface area contributed by atoms with Gasteiger partial charge in [-0.15, -0.1) is 0 Å². The van der Waals surface area contributed by atoms with Gasteiger partial charge in [0.2, 0.25) is 0 Å². The Kier molecular flexibility index (Phi) is 24.1. The smallest absolute Gasteiger partial charge is 0.320 e.